The molecule has 4 aromatic rings. The van der Waals surface area contributed by atoms with Crippen LogP contribution < -0.4 is 9.47 Å². The molecular weight excluding hydrogens is 362 g/mol. The molecule has 0 saturated carbocycles. The minimum absolute atomic E-state index is 0.516. The maximum atomic E-state index is 5.78. The summed E-state index contributed by atoms with van der Waals surface area (Å²) in [7, 11) is 0. The van der Waals surface area contributed by atoms with Crippen molar-refractivity contribution < 1.29 is 13.9 Å². The molecule has 0 atom stereocenters. The third-order valence-electron chi connectivity index (χ3n) is 3.94. The summed E-state index contributed by atoms with van der Waals surface area (Å²) >= 11 is 1.47. The molecule has 2 aromatic heterocycles. The average Bonchev–Trinajstić information content (AvgIpc) is 3.33. The number of nitrogens with one attached hydrogen (secondary N) is 1. The van der Waals surface area contributed by atoms with E-state index in [1.807, 2.05) is 61.7 Å². The number of nitrogens with zero attached hydrogens (tertiary/aromatic N) is 2. The van der Waals surface area contributed by atoms with Gasteiger partial charge in [0.05, 0.1) is 18.8 Å². The molecule has 0 aliphatic carbocycles. The van der Waals surface area contributed by atoms with Crippen LogP contribution >= 0.6 is 11.8 Å². The number of para-hydroxylation sites is 1. The van der Waals surface area contributed by atoms with Crippen LogP contribution in [0.15, 0.2) is 64.4 Å². The van der Waals surface area contributed by atoms with Gasteiger partial charge in [-0.2, -0.15) is 0 Å². The number of fused-ring (bicyclic) bond motifs is 1. The summed E-state index contributed by atoms with van der Waals surface area (Å²) < 4.78 is 16.9. The first-order valence-corrected chi connectivity index (χ1v) is 9.70. The van der Waals surface area contributed by atoms with Gasteiger partial charge >= 0.3 is 0 Å². The highest BCUT2D eigenvalue weighted by molar-refractivity contribution is 7.99. The summed E-state index contributed by atoms with van der Waals surface area (Å²) in [5.74, 6) is 2.88. The number of rotatable bonds is 8. The van der Waals surface area contributed by atoms with Gasteiger partial charge in [0.25, 0.3) is 11.1 Å². The summed E-state index contributed by atoms with van der Waals surface area (Å²) in [6.07, 6.45) is 1.89. The van der Waals surface area contributed by atoms with Crippen molar-refractivity contribution in [3.05, 3.63) is 54.7 Å². The fraction of sp³-hybridized carbons (Fsp3) is 0.200. The fourth-order valence-corrected chi connectivity index (χ4v) is 3.29. The van der Waals surface area contributed by atoms with Gasteiger partial charge in [-0.05, 0) is 37.3 Å². The average molecular weight is 381 g/mol. The Morgan fingerprint density at radius 3 is 2.59 bits per heavy atom. The highest BCUT2D eigenvalue weighted by Gasteiger charge is 2.13. The molecule has 0 radical (unpaired) electrons. The molecule has 6 nitrogen and oxygen atoms in total. The maximum absolute atomic E-state index is 5.78. The first kappa shape index (κ1) is 17.5. The zero-order valence-electron chi connectivity index (χ0n) is 14.8. The predicted octanol–water partition coefficient (Wildman–Crippen LogP) is 4.79. The second kappa shape index (κ2) is 8.18. The number of benzene rings is 2. The largest absolute Gasteiger partial charge is 0.494 e. The Kier molecular flexibility index (Phi) is 5.29. The Morgan fingerprint density at radius 1 is 1.00 bits per heavy atom. The maximum Gasteiger partial charge on any atom is 0.276 e. The normalized spacial score (nSPS) is 11.0. The van der Waals surface area contributed by atoms with Gasteiger partial charge in [0.1, 0.15) is 11.5 Å². The van der Waals surface area contributed by atoms with E-state index in [-0.39, 0.29) is 0 Å². The van der Waals surface area contributed by atoms with Crippen molar-refractivity contribution in [2.24, 2.45) is 0 Å². The molecule has 0 bridgehead atoms. The van der Waals surface area contributed by atoms with Gasteiger partial charge in [0.15, 0.2) is 0 Å². The first-order chi connectivity index (χ1) is 13.3. The summed E-state index contributed by atoms with van der Waals surface area (Å²) in [4.78, 5) is 3.21. The van der Waals surface area contributed by atoms with Crippen molar-refractivity contribution in [1.82, 2.24) is 15.2 Å². The SMILES string of the molecule is CCOc1ccc(OCCSc2nnc(-c3c[nH]c4ccccc34)o2)cc1. The number of aromatic nitrogens is 3. The highest BCUT2D eigenvalue weighted by atomic mass is 32.2. The van der Waals surface area contributed by atoms with Crippen LogP contribution in [0.1, 0.15) is 6.92 Å². The van der Waals surface area contributed by atoms with E-state index in [0.717, 1.165) is 28.0 Å². The fourth-order valence-electron chi connectivity index (χ4n) is 2.71. The zero-order valence-corrected chi connectivity index (χ0v) is 15.7. The Balaban J connectivity index is 1.31. The zero-order chi connectivity index (χ0) is 18.5. The molecule has 7 heteroatoms. The van der Waals surface area contributed by atoms with E-state index < -0.39 is 0 Å². The monoisotopic (exact) mass is 381 g/mol. The van der Waals surface area contributed by atoms with Crippen LogP contribution in [0.2, 0.25) is 0 Å². The van der Waals surface area contributed by atoms with Crippen molar-refractivity contribution in [1.29, 1.82) is 0 Å². The topological polar surface area (TPSA) is 73.2 Å². The standard InChI is InChI=1S/C20H19N3O3S/c1-2-24-14-7-9-15(10-8-14)25-11-12-27-20-23-22-19(26-20)17-13-21-18-6-4-3-5-16(17)18/h3-10,13,21H,2,11-12H2,1H3. The van der Waals surface area contributed by atoms with Gasteiger partial charge in [-0.1, -0.05) is 30.0 Å². The second-order valence-corrected chi connectivity index (χ2v) is 6.77. The molecule has 0 amide bonds. The summed E-state index contributed by atoms with van der Waals surface area (Å²) in [5, 5.41) is 9.88. The number of aromatic amines is 1. The van der Waals surface area contributed by atoms with Crippen LogP contribution in [0.3, 0.4) is 0 Å². The molecule has 1 N–H and O–H groups in total. The van der Waals surface area contributed by atoms with Crippen molar-refractivity contribution in [3.8, 4) is 23.0 Å². The van der Waals surface area contributed by atoms with Crippen molar-refractivity contribution >= 4 is 22.7 Å². The molecule has 0 fully saturated rings. The third-order valence-corrected chi connectivity index (χ3v) is 4.72. The van der Waals surface area contributed by atoms with E-state index in [2.05, 4.69) is 15.2 Å². The Hall–Kier alpha value is -2.93. The van der Waals surface area contributed by atoms with Crippen molar-refractivity contribution in [3.63, 3.8) is 0 Å². The van der Waals surface area contributed by atoms with Crippen LogP contribution in [-0.4, -0.2) is 34.1 Å². The summed E-state index contributed by atoms with van der Waals surface area (Å²) in [5.41, 5.74) is 1.96. The molecule has 0 aliphatic heterocycles. The minimum Gasteiger partial charge on any atom is -0.494 e. The van der Waals surface area contributed by atoms with E-state index in [9.17, 15) is 0 Å². The lowest BCUT2D eigenvalue weighted by molar-refractivity contribution is 0.332. The van der Waals surface area contributed by atoms with Gasteiger partial charge in [0.2, 0.25) is 0 Å². The molecule has 0 aliphatic rings. The van der Waals surface area contributed by atoms with E-state index >= 15 is 0 Å². The molecule has 0 saturated heterocycles. The Labute approximate surface area is 160 Å². The quantitative estimate of drug-likeness (QED) is 0.349. The third kappa shape index (κ3) is 4.09. The molecular formula is C20H19N3O3S. The molecule has 2 heterocycles. The van der Waals surface area contributed by atoms with E-state index in [0.29, 0.717) is 30.1 Å². The van der Waals surface area contributed by atoms with Crippen LogP contribution in [0.4, 0.5) is 0 Å². The predicted molar refractivity (Wildman–Crippen MR) is 105 cm³/mol. The molecule has 138 valence electrons. The van der Waals surface area contributed by atoms with Crippen molar-refractivity contribution in [2.75, 3.05) is 19.0 Å². The summed E-state index contributed by atoms with van der Waals surface area (Å²) in [6, 6.07) is 15.6. The van der Waals surface area contributed by atoms with Crippen molar-refractivity contribution in [2.45, 2.75) is 12.1 Å². The first-order valence-electron chi connectivity index (χ1n) is 8.72. The smallest absolute Gasteiger partial charge is 0.276 e. The molecule has 4 rings (SSSR count). The number of hydrogen-bond acceptors (Lipinski definition) is 6. The van der Waals surface area contributed by atoms with E-state index in [1.165, 1.54) is 11.8 Å². The lowest BCUT2D eigenvalue weighted by Gasteiger charge is -2.06. The lowest BCUT2D eigenvalue weighted by atomic mass is 10.2. The van der Waals surface area contributed by atoms with E-state index in [1.54, 1.807) is 0 Å². The number of ether oxygens (including phenoxy) is 2. The Bertz CT molecular complexity index is 1010. The van der Waals surface area contributed by atoms with Gasteiger partial charge < -0.3 is 18.9 Å². The molecule has 27 heavy (non-hydrogen) atoms. The van der Waals surface area contributed by atoms with Crippen LogP contribution in [-0.2, 0) is 0 Å². The van der Waals surface area contributed by atoms with Gasteiger partial charge in [-0.25, -0.2) is 0 Å². The molecule has 0 unspecified atom stereocenters. The number of H-pyrrole nitrogens is 1. The van der Waals surface area contributed by atoms with Gasteiger partial charge in [0, 0.05) is 22.9 Å². The number of hydrogen-bond donors (Lipinski definition) is 1. The highest BCUT2D eigenvalue weighted by Crippen LogP contribution is 2.29. The van der Waals surface area contributed by atoms with Crippen LogP contribution in [0.25, 0.3) is 22.4 Å². The molecule has 0 spiro atoms. The van der Waals surface area contributed by atoms with E-state index in [4.69, 9.17) is 13.9 Å². The van der Waals surface area contributed by atoms with Gasteiger partial charge in [-0.15, -0.1) is 10.2 Å². The second-order valence-electron chi connectivity index (χ2n) is 5.72. The molecule has 2 aromatic carbocycles. The summed E-state index contributed by atoms with van der Waals surface area (Å²) in [6.45, 7) is 3.16. The lowest BCUT2D eigenvalue weighted by Crippen LogP contribution is -2.00. The minimum atomic E-state index is 0.516. The number of thioether (sulfide) groups is 1. The van der Waals surface area contributed by atoms with Gasteiger partial charge in [-0.3, -0.25) is 0 Å². The van der Waals surface area contributed by atoms with Crippen LogP contribution in [0.5, 0.6) is 11.5 Å². The Morgan fingerprint density at radius 2 is 1.78 bits per heavy atom. The van der Waals surface area contributed by atoms with Crippen LogP contribution in [0, 0.1) is 0 Å².